The molecule has 1 amide bonds. The van der Waals surface area contributed by atoms with Crippen molar-refractivity contribution in [2.24, 2.45) is 0 Å². The second-order valence-corrected chi connectivity index (χ2v) is 8.15. The van der Waals surface area contributed by atoms with Crippen LogP contribution in [0.1, 0.15) is 18.1 Å². The van der Waals surface area contributed by atoms with Crippen molar-refractivity contribution >= 4 is 34.3 Å². The highest BCUT2D eigenvalue weighted by Gasteiger charge is 2.23. The van der Waals surface area contributed by atoms with E-state index in [9.17, 15) is 9.18 Å². The summed E-state index contributed by atoms with van der Waals surface area (Å²) in [5.41, 5.74) is 3.09. The lowest BCUT2D eigenvalue weighted by molar-refractivity contribution is -0.124. The average molecular weight is 469 g/mol. The van der Waals surface area contributed by atoms with Crippen molar-refractivity contribution < 1.29 is 23.1 Å². The van der Waals surface area contributed by atoms with Crippen LogP contribution in [0, 0.1) is 19.7 Å². The summed E-state index contributed by atoms with van der Waals surface area (Å²) < 4.78 is 31.3. The predicted octanol–water partition coefficient (Wildman–Crippen LogP) is 6.46. The Labute approximate surface area is 195 Å². The Hall–Kier alpha value is -3.58. The number of carbonyl (C=O) groups excluding carboxylic acids is 1. The number of aromatic nitrogens is 1. The molecule has 0 unspecified atom stereocenters. The number of rotatable bonds is 6. The molecule has 33 heavy (non-hydrogen) atoms. The quantitative estimate of drug-likeness (QED) is 0.325. The maximum absolute atomic E-state index is 14.4. The van der Waals surface area contributed by atoms with Gasteiger partial charge < -0.3 is 18.8 Å². The van der Waals surface area contributed by atoms with Gasteiger partial charge in [0.15, 0.2) is 11.7 Å². The number of fused-ring (bicyclic) bond motifs is 1. The van der Waals surface area contributed by atoms with E-state index in [4.69, 9.17) is 25.5 Å². The number of halogens is 2. The van der Waals surface area contributed by atoms with Crippen LogP contribution in [-0.4, -0.2) is 24.0 Å². The summed E-state index contributed by atoms with van der Waals surface area (Å²) in [5, 5.41) is 0.543. The molecule has 3 aromatic carbocycles. The molecule has 8 heteroatoms. The van der Waals surface area contributed by atoms with E-state index in [-0.39, 0.29) is 17.7 Å². The summed E-state index contributed by atoms with van der Waals surface area (Å²) in [6, 6.07) is 14.9. The summed E-state index contributed by atoms with van der Waals surface area (Å²) in [7, 11) is 1.53. The maximum Gasteiger partial charge on any atom is 0.400 e. The van der Waals surface area contributed by atoms with Crippen LogP contribution in [0.2, 0.25) is 5.02 Å². The third-order valence-corrected chi connectivity index (χ3v) is 5.51. The molecule has 0 saturated heterocycles. The van der Waals surface area contributed by atoms with Gasteiger partial charge >= 0.3 is 6.08 Å². The first kappa shape index (κ1) is 22.6. The van der Waals surface area contributed by atoms with E-state index in [0.717, 1.165) is 11.1 Å². The molecule has 1 aromatic heterocycles. The summed E-state index contributed by atoms with van der Waals surface area (Å²) in [4.78, 5) is 18.3. The molecular weight excluding hydrogens is 447 g/mol. The van der Waals surface area contributed by atoms with Crippen LogP contribution in [0.25, 0.3) is 11.1 Å². The first-order valence-electron chi connectivity index (χ1n) is 10.3. The molecule has 6 nitrogen and oxygen atoms in total. The van der Waals surface area contributed by atoms with Crippen molar-refractivity contribution in [3.05, 3.63) is 76.6 Å². The van der Waals surface area contributed by atoms with E-state index in [2.05, 4.69) is 4.98 Å². The molecule has 0 radical (unpaired) electrons. The van der Waals surface area contributed by atoms with E-state index in [1.165, 1.54) is 18.0 Å². The minimum atomic E-state index is -0.829. The van der Waals surface area contributed by atoms with Gasteiger partial charge in [0.1, 0.15) is 22.8 Å². The van der Waals surface area contributed by atoms with Crippen LogP contribution in [0.3, 0.4) is 0 Å². The molecule has 4 rings (SSSR count). The highest BCUT2D eigenvalue weighted by molar-refractivity contribution is 6.31. The molecule has 0 fully saturated rings. The zero-order valence-electron chi connectivity index (χ0n) is 18.6. The fourth-order valence-electron chi connectivity index (χ4n) is 3.28. The van der Waals surface area contributed by atoms with Crippen LogP contribution in [0.15, 0.2) is 59.0 Å². The summed E-state index contributed by atoms with van der Waals surface area (Å²) in [6.45, 7) is 5.31. The molecule has 1 atom stereocenters. The number of nitrogens with zero attached hydrogens (tertiary/aromatic N) is 2. The summed E-state index contributed by atoms with van der Waals surface area (Å²) >= 11 is 5.96. The minimum absolute atomic E-state index is 0.0847. The lowest BCUT2D eigenvalue weighted by Gasteiger charge is -2.23. The van der Waals surface area contributed by atoms with E-state index in [0.29, 0.717) is 27.6 Å². The first-order valence-corrected chi connectivity index (χ1v) is 10.6. The number of hydrogen-bond acceptors (Lipinski definition) is 5. The molecule has 0 N–H and O–H groups in total. The van der Waals surface area contributed by atoms with Gasteiger partial charge in [0.2, 0.25) is 0 Å². The fraction of sp³-hybridized carbons (Fsp3) is 0.200. The molecular formula is C25H22ClFN2O4. The molecule has 0 aliphatic carbocycles. The van der Waals surface area contributed by atoms with E-state index in [1.54, 1.807) is 55.5 Å². The van der Waals surface area contributed by atoms with Gasteiger partial charge in [-0.3, -0.25) is 4.79 Å². The van der Waals surface area contributed by atoms with Crippen LogP contribution in [0.4, 0.5) is 10.1 Å². The number of ether oxygens (including phenoxy) is 2. The Kier molecular flexibility index (Phi) is 6.24. The third kappa shape index (κ3) is 4.93. The lowest BCUT2D eigenvalue weighted by Crippen LogP contribution is -2.38. The van der Waals surface area contributed by atoms with Crippen LogP contribution >= 0.6 is 11.6 Å². The van der Waals surface area contributed by atoms with Crippen LogP contribution in [-0.2, 0) is 4.79 Å². The van der Waals surface area contributed by atoms with Crippen molar-refractivity contribution in [2.75, 3.05) is 11.9 Å². The monoisotopic (exact) mass is 468 g/mol. The van der Waals surface area contributed by atoms with Crippen molar-refractivity contribution in [3.63, 3.8) is 0 Å². The molecule has 1 heterocycles. The average Bonchev–Trinajstić information content (AvgIpc) is 3.17. The number of amides is 1. The Morgan fingerprint density at radius 1 is 1.06 bits per heavy atom. The lowest BCUT2D eigenvalue weighted by atomic mass is 10.1. The first-order chi connectivity index (χ1) is 15.7. The second-order valence-electron chi connectivity index (χ2n) is 7.71. The highest BCUT2D eigenvalue weighted by atomic mass is 35.5. The van der Waals surface area contributed by atoms with E-state index < -0.39 is 11.9 Å². The molecule has 0 bridgehead atoms. The largest absolute Gasteiger partial charge is 0.481 e. The molecule has 0 aliphatic rings. The van der Waals surface area contributed by atoms with Crippen molar-refractivity contribution in [1.29, 1.82) is 0 Å². The number of anilines is 1. The number of hydrogen-bond donors (Lipinski definition) is 0. The summed E-state index contributed by atoms with van der Waals surface area (Å²) in [5.74, 6) is 0.113. The van der Waals surface area contributed by atoms with E-state index in [1.807, 2.05) is 13.8 Å². The molecule has 0 saturated carbocycles. The van der Waals surface area contributed by atoms with Gasteiger partial charge in [-0.1, -0.05) is 11.6 Å². The molecule has 0 aliphatic heterocycles. The topological polar surface area (TPSA) is 64.8 Å². The highest BCUT2D eigenvalue weighted by Crippen LogP contribution is 2.29. The van der Waals surface area contributed by atoms with E-state index >= 15 is 0 Å². The van der Waals surface area contributed by atoms with Gasteiger partial charge in [0.05, 0.1) is 5.69 Å². The Balaban J connectivity index is 1.41. The zero-order valence-corrected chi connectivity index (χ0v) is 19.3. The second kappa shape index (κ2) is 9.11. The molecule has 0 spiro atoms. The third-order valence-electron chi connectivity index (χ3n) is 5.28. The van der Waals surface area contributed by atoms with Crippen LogP contribution < -0.4 is 14.4 Å². The standard InChI is InChI=1S/C25H22ClFN2O4/c1-14-11-20(27)22(12-15(14)2)29(4)24(30)16(3)31-18-6-8-19(9-7-18)32-25-28-21-10-5-17(26)13-23(21)33-25/h5-13,16H,1-4H3/t16-/m1/s1. The Morgan fingerprint density at radius 2 is 1.73 bits per heavy atom. The van der Waals surface area contributed by atoms with Gasteiger partial charge in [0, 0.05) is 18.1 Å². The van der Waals surface area contributed by atoms with Gasteiger partial charge in [-0.25, -0.2) is 4.39 Å². The fourth-order valence-corrected chi connectivity index (χ4v) is 3.44. The minimum Gasteiger partial charge on any atom is -0.481 e. The predicted molar refractivity (Wildman–Crippen MR) is 125 cm³/mol. The number of carbonyl (C=O) groups is 1. The van der Waals surface area contributed by atoms with Gasteiger partial charge in [0.25, 0.3) is 5.91 Å². The number of oxazole rings is 1. The molecule has 170 valence electrons. The number of aryl methyl sites for hydroxylation is 2. The van der Waals surface area contributed by atoms with Gasteiger partial charge in [-0.05, 0) is 80.4 Å². The SMILES string of the molecule is Cc1cc(F)c(N(C)C(=O)[C@@H](C)Oc2ccc(Oc3nc4ccc(Cl)cc4o3)cc2)cc1C. The number of likely N-dealkylation sites (N-methyl/N-ethyl adjacent to an activating group) is 1. The van der Waals surface area contributed by atoms with Crippen molar-refractivity contribution in [1.82, 2.24) is 4.98 Å². The van der Waals surface area contributed by atoms with Gasteiger partial charge in [-0.2, -0.15) is 4.98 Å². The van der Waals surface area contributed by atoms with Crippen molar-refractivity contribution in [3.8, 4) is 17.6 Å². The smallest absolute Gasteiger partial charge is 0.400 e. The van der Waals surface area contributed by atoms with Gasteiger partial charge in [-0.15, -0.1) is 0 Å². The Morgan fingerprint density at radius 3 is 2.45 bits per heavy atom. The normalized spacial score (nSPS) is 11.9. The number of benzene rings is 3. The zero-order chi connectivity index (χ0) is 23.7. The molecule has 4 aromatic rings. The summed E-state index contributed by atoms with van der Waals surface area (Å²) in [6.07, 6.45) is -0.744. The Bertz CT molecular complexity index is 1320. The van der Waals surface area contributed by atoms with Crippen molar-refractivity contribution in [2.45, 2.75) is 26.9 Å². The van der Waals surface area contributed by atoms with Crippen LogP contribution in [0.5, 0.6) is 17.6 Å². The maximum atomic E-state index is 14.4.